The summed E-state index contributed by atoms with van der Waals surface area (Å²) in [6.45, 7) is -0.252. The van der Waals surface area contributed by atoms with E-state index in [1.165, 1.54) is 41.1 Å². The van der Waals surface area contributed by atoms with Gasteiger partial charge in [0.05, 0.1) is 16.4 Å². The zero-order valence-electron chi connectivity index (χ0n) is 14.4. The van der Waals surface area contributed by atoms with Crippen molar-refractivity contribution in [1.29, 1.82) is 0 Å². The van der Waals surface area contributed by atoms with E-state index in [0.717, 1.165) is 11.8 Å². The van der Waals surface area contributed by atoms with E-state index in [1.807, 2.05) is 0 Å². The zero-order valence-corrected chi connectivity index (χ0v) is 16.9. The average molecular weight is 429 g/mol. The molecule has 2 fully saturated rings. The van der Waals surface area contributed by atoms with Crippen LogP contribution in [-0.4, -0.2) is 65.5 Å². The molecule has 0 aliphatic carbocycles. The van der Waals surface area contributed by atoms with Crippen LogP contribution in [0.2, 0.25) is 0 Å². The van der Waals surface area contributed by atoms with Crippen molar-refractivity contribution >= 4 is 56.0 Å². The number of benzene rings is 1. The molecule has 0 spiro atoms. The minimum Gasteiger partial charge on any atom is -0.340 e. The predicted octanol–water partition coefficient (Wildman–Crippen LogP) is 1.67. The topological polar surface area (TPSA) is 74.8 Å². The molecule has 1 unspecified atom stereocenters. The smallest absolute Gasteiger partial charge is 0.266 e. The highest BCUT2D eigenvalue weighted by Crippen LogP contribution is 2.32. The molecule has 10 heteroatoms. The number of thiocarbonyl (C=S) groups is 1. The van der Waals surface area contributed by atoms with E-state index in [4.69, 9.17) is 12.2 Å². The maximum absolute atomic E-state index is 13.3. The molecule has 1 aromatic rings. The third-order valence-electron chi connectivity index (χ3n) is 4.46. The van der Waals surface area contributed by atoms with E-state index in [9.17, 15) is 22.4 Å². The molecule has 0 bridgehead atoms. The van der Waals surface area contributed by atoms with Crippen LogP contribution in [0.15, 0.2) is 29.2 Å². The first-order valence-electron chi connectivity index (χ1n) is 8.13. The minimum atomic E-state index is -3.11. The minimum absolute atomic E-state index is 0.0622. The lowest BCUT2D eigenvalue weighted by Gasteiger charge is -2.25. The lowest BCUT2D eigenvalue weighted by Crippen LogP contribution is -2.45. The summed E-state index contributed by atoms with van der Waals surface area (Å²) in [7, 11) is -1.58. The highest BCUT2D eigenvalue weighted by Gasteiger charge is 2.37. The van der Waals surface area contributed by atoms with Gasteiger partial charge in [-0.15, -0.1) is 0 Å². The number of likely N-dealkylation sites (N-methyl/N-ethyl adjacent to an activating group) is 1. The number of halogens is 1. The Hall–Kier alpha value is -1.78. The standard InChI is InChI=1S/C17H17FN2O4S3/c1-19(13-5-6-27(23,24)10-13)15(21)9-20-16(22)14(26-17(20)25)8-11-3-2-4-12(18)7-11/h2-4,7-8,13H,5-6,9-10H2,1H3. The van der Waals surface area contributed by atoms with Crippen LogP contribution < -0.4 is 0 Å². The monoisotopic (exact) mass is 428 g/mol. The number of carbonyl (C=O) groups excluding carboxylic acids is 2. The normalized spacial score (nSPS) is 23.3. The average Bonchev–Trinajstić information content (AvgIpc) is 3.08. The largest absolute Gasteiger partial charge is 0.340 e. The third-order valence-corrected chi connectivity index (χ3v) is 7.59. The van der Waals surface area contributed by atoms with Crippen LogP contribution in [0.3, 0.4) is 0 Å². The molecule has 0 radical (unpaired) electrons. The maximum atomic E-state index is 13.3. The number of hydrogen-bond donors (Lipinski definition) is 0. The number of nitrogens with zero attached hydrogens (tertiary/aromatic N) is 2. The number of rotatable bonds is 4. The molecule has 2 aliphatic rings. The number of amides is 2. The van der Waals surface area contributed by atoms with Gasteiger partial charge in [0.25, 0.3) is 5.91 Å². The fraction of sp³-hybridized carbons (Fsp3) is 0.353. The van der Waals surface area contributed by atoms with Gasteiger partial charge in [-0.25, -0.2) is 12.8 Å². The molecule has 3 rings (SSSR count). The Labute approximate surface area is 166 Å². The first-order chi connectivity index (χ1) is 12.7. The number of thioether (sulfide) groups is 1. The number of sulfone groups is 1. The SMILES string of the molecule is CN(C(=O)CN1C(=O)C(=Cc2cccc(F)c2)SC1=S)C1CCS(=O)(=O)C1. The third kappa shape index (κ3) is 4.56. The first-order valence-corrected chi connectivity index (χ1v) is 11.2. The summed E-state index contributed by atoms with van der Waals surface area (Å²) in [5.74, 6) is -1.21. The molecule has 0 saturated carbocycles. The van der Waals surface area contributed by atoms with Crippen LogP contribution in [0.5, 0.6) is 0 Å². The predicted molar refractivity (Wildman–Crippen MR) is 106 cm³/mol. The maximum Gasteiger partial charge on any atom is 0.266 e. The second-order valence-corrected chi connectivity index (χ2v) is 10.3. The first kappa shape index (κ1) is 20.0. The van der Waals surface area contributed by atoms with Crippen molar-refractivity contribution in [2.75, 3.05) is 25.1 Å². The molecule has 6 nitrogen and oxygen atoms in total. The van der Waals surface area contributed by atoms with Crippen LogP contribution in [-0.2, 0) is 19.4 Å². The van der Waals surface area contributed by atoms with Gasteiger partial charge >= 0.3 is 0 Å². The molecule has 1 atom stereocenters. The summed E-state index contributed by atoms with van der Waals surface area (Å²) in [6.07, 6.45) is 1.92. The molecular weight excluding hydrogens is 411 g/mol. The molecule has 144 valence electrons. The van der Waals surface area contributed by atoms with Gasteiger partial charge in [0.2, 0.25) is 5.91 Å². The van der Waals surface area contributed by atoms with E-state index in [0.29, 0.717) is 16.9 Å². The summed E-state index contributed by atoms with van der Waals surface area (Å²) < 4.78 is 36.7. The van der Waals surface area contributed by atoms with Gasteiger partial charge in [-0.3, -0.25) is 14.5 Å². The van der Waals surface area contributed by atoms with Gasteiger partial charge < -0.3 is 4.90 Å². The Bertz CT molecular complexity index is 945. The van der Waals surface area contributed by atoms with Crippen LogP contribution in [0.4, 0.5) is 4.39 Å². The Morgan fingerprint density at radius 2 is 2.22 bits per heavy atom. The number of hydrogen-bond acceptors (Lipinski definition) is 6. The van der Waals surface area contributed by atoms with Crippen molar-refractivity contribution < 1.29 is 22.4 Å². The molecule has 1 aromatic carbocycles. The Balaban J connectivity index is 1.69. The Morgan fingerprint density at radius 3 is 2.85 bits per heavy atom. The van der Waals surface area contributed by atoms with E-state index in [-0.39, 0.29) is 34.3 Å². The van der Waals surface area contributed by atoms with Crippen LogP contribution in [0.25, 0.3) is 6.08 Å². The highest BCUT2D eigenvalue weighted by molar-refractivity contribution is 8.26. The summed E-state index contributed by atoms with van der Waals surface area (Å²) in [5.41, 5.74) is 0.523. The summed E-state index contributed by atoms with van der Waals surface area (Å²) in [5, 5.41) is 0. The van der Waals surface area contributed by atoms with Gasteiger partial charge in [-0.1, -0.05) is 36.1 Å². The van der Waals surface area contributed by atoms with E-state index < -0.39 is 21.6 Å². The molecule has 2 heterocycles. The van der Waals surface area contributed by atoms with Crippen LogP contribution >= 0.6 is 24.0 Å². The van der Waals surface area contributed by atoms with Gasteiger partial charge in [-0.2, -0.15) is 0 Å². The fourth-order valence-electron chi connectivity index (χ4n) is 2.92. The lowest BCUT2D eigenvalue weighted by atomic mass is 10.2. The molecule has 2 aliphatic heterocycles. The second-order valence-electron chi connectivity index (χ2n) is 6.38. The molecule has 27 heavy (non-hydrogen) atoms. The van der Waals surface area contributed by atoms with E-state index >= 15 is 0 Å². The van der Waals surface area contributed by atoms with Crippen molar-refractivity contribution in [3.63, 3.8) is 0 Å². The summed E-state index contributed by atoms with van der Waals surface area (Å²) in [4.78, 5) is 27.9. The van der Waals surface area contributed by atoms with Gasteiger partial charge in [0.1, 0.15) is 16.7 Å². The second kappa shape index (κ2) is 7.69. The Kier molecular flexibility index (Phi) is 5.68. The molecular formula is C17H17FN2O4S3. The number of carbonyl (C=O) groups is 2. The van der Waals surface area contributed by atoms with E-state index in [1.54, 1.807) is 6.07 Å². The van der Waals surface area contributed by atoms with Gasteiger partial charge in [0.15, 0.2) is 9.84 Å². The zero-order chi connectivity index (χ0) is 19.8. The fourth-order valence-corrected chi connectivity index (χ4v) is 5.94. The highest BCUT2D eigenvalue weighted by atomic mass is 32.2. The van der Waals surface area contributed by atoms with Crippen molar-refractivity contribution in [2.24, 2.45) is 0 Å². The van der Waals surface area contributed by atoms with E-state index in [2.05, 4.69) is 0 Å². The van der Waals surface area contributed by atoms with Crippen molar-refractivity contribution in [3.8, 4) is 0 Å². The molecule has 0 N–H and O–H groups in total. The van der Waals surface area contributed by atoms with Crippen molar-refractivity contribution in [3.05, 3.63) is 40.6 Å². The van der Waals surface area contributed by atoms with Gasteiger partial charge in [-0.05, 0) is 30.2 Å². The summed E-state index contributed by atoms with van der Waals surface area (Å²) >= 11 is 6.25. The van der Waals surface area contributed by atoms with Crippen LogP contribution in [0.1, 0.15) is 12.0 Å². The van der Waals surface area contributed by atoms with Crippen molar-refractivity contribution in [1.82, 2.24) is 9.80 Å². The van der Waals surface area contributed by atoms with Crippen molar-refractivity contribution in [2.45, 2.75) is 12.5 Å². The quantitative estimate of drug-likeness (QED) is 0.537. The molecule has 2 amide bonds. The molecule has 0 aromatic heterocycles. The molecule has 2 saturated heterocycles. The van der Waals surface area contributed by atoms with Crippen LogP contribution in [0, 0.1) is 5.82 Å². The lowest BCUT2D eigenvalue weighted by molar-refractivity contribution is -0.135. The Morgan fingerprint density at radius 1 is 1.48 bits per heavy atom. The summed E-state index contributed by atoms with van der Waals surface area (Å²) in [6, 6.07) is 5.42. The van der Waals surface area contributed by atoms with Gasteiger partial charge in [0, 0.05) is 13.1 Å².